The maximum Gasteiger partial charge on any atom is 0.263 e. The zero-order valence-corrected chi connectivity index (χ0v) is 24.1. The lowest BCUT2D eigenvalue weighted by Gasteiger charge is -2.13. The molecule has 0 aliphatic rings. The number of anilines is 2. The van der Waals surface area contributed by atoms with Crippen molar-refractivity contribution in [3.8, 4) is 28.5 Å². The molecule has 5 aromatic rings. The number of carbonyl (C=O) groups excluding carboxylic acids is 1. The van der Waals surface area contributed by atoms with Crippen LogP contribution < -0.4 is 10.0 Å². The molecule has 0 saturated heterocycles. The topological polar surface area (TPSA) is 125 Å². The molecule has 0 radical (unpaired) electrons. The number of pyridine rings is 2. The van der Waals surface area contributed by atoms with Gasteiger partial charge in [0.25, 0.3) is 10.0 Å². The molecule has 8 nitrogen and oxygen atoms in total. The van der Waals surface area contributed by atoms with E-state index in [4.69, 9.17) is 4.98 Å². The zero-order chi connectivity index (χ0) is 29.5. The molecule has 1 amide bonds. The second kappa shape index (κ2) is 12.7. The lowest BCUT2D eigenvalue weighted by Crippen LogP contribution is -2.16. The van der Waals surface area contributed by atoms with Crippen LogP contribution in [-0.4, -0.2) is 30.0 Å². The average molecular weight is 592 g/mol. The van der Waals surface area contributed by atoms with E-state index in [0.717, 1.165) is 22.3 Å². The van der Waals surface area contributed by atoms with Gasteiger partial charge in [-0.2, -0.15) is 5.26 Å². The van der Waals surface area contributed by atoms with Crippen LogP contribution in [-0.2, 0) is 14.8 Å². The quantitative estimate of drug-likeness (QED) is 0.187. The molecule has 0 saturated carbocycles. The first-order valence-corrected chi connectivity index (χ1v) is 15.3. The third-order valence-corrected chi connectivity index (χ3v) is 8.57. The summed E-state index contributed by atoms with van der Waals surface area (Å²) in [6.07, 6.45) is 1.49. The fourth-order valence-corrected chi connectivity index (χ4v) is 5.93. The largest absolute Gasteiger partial charge is 0.325 e. The summed E-state index contributed by atoms with van der Waals surface area (Å²) in [6.45, 7) is 2.00. The fourth-order valence-electron chi connectivity index (χ4n) is 4.12. The lowest BCUT2D eigenvalue weighted by atomic mass is 9.98. The Bertz CT molecular complexity index is 1860. The number of hydrogen-bond acceptors (Lipinski definition) is 7. The highest BCUT2D eigenvalue weighted by Gasteiger charge is 2.18. The van der Waals surface area contributed by atoms with E-state index in [9.17, 15) is 18.5 Å². The van der Waals surface area contributed by atoms with E-state index in [1.165, 1.54) is 42.2 Å². The first-order valence-electron chi connectivity index (χ1n) is 12.9. The van der Waals surface area contributed by atoms with Gasteiger partial charge in [-0.15, -0.1) is 0 Å². The molecule has 0 fully saturated rings. The van der Waals surface area contributed by atoms with Crippen molar-refractivity contribution in [3.05, 3.63) is 120 Å². The molecular formula is C32H25N5O3S2. The zero-order valence-electron chi connectivity index (χ0n) is 22.5. The van der Waals surface area contributed by atoms with E-state index in [2.05, 4.69) is 21.1 Å². The van der Waals surface area contributed by atoms with Crippen LogP contribution >= 0.6 is 11.8 Å². The van der Waals surface area contributed by atoms with Crippen molar-refractivity contribution in [2.75, 3.05) is 15.8 Å². The molecule has 0 unspecified atom stereocenters. The van der Waals surface area contributed by atoms with Crippen molar-refractivity contribution in [2.24, 2.45) is 0 Å². The molecule has 5 rings (SSSR count). The predicted molar refractivity (Wildman–Crippen MR) is 165 cm³/mol. The lowest BCUT2D eigenvalue weighted by molar-refractivity contribution is -0.113. The van der Waals surface area contributed by atoms with Gasteiger partial charge >= 0.3 is 0 Å². The minimum absolute atomic E-state index is 0.00541. The van der Waals surface area contributed by atoms with Gasteiger partial charge in [-0.05, 0) is 55.0 Å². The van der Waals surface area contributed by atoms with Crippen LogP contribution in [0.4, 0.5) is 11.5 Å². The molecular weight excluding hydrogens is 567 g/mol. The van der Waals surface area contributed by atoms with Gasteiger partial charge in [0, 0.05) is 23.0 Å². The monoisotopic (exact) mass is 591 g/mol. The number of thioether (sulfide) groups is 1. The molecule has 2 heterocycles. The highest BCUT2D eigenvalue weighted by atomic mass is 32.2. The molecule has 0 atom stereocenters. The summed E-state index contributed by atoms with van der Waals surface area (Å²) in [4.78, 5) is 21.6. The summed E-state index contributed by atoms with van der Waals surface area (Å²) in [5, 5.41) is 13.3. The van der Waals surface area contributed by atoms with Crippen molar-refractivity contribution in [3.63, 3.8) is 0 Å². The first-order chi connectivity index (χ1) is 20.3. The number of nitriles is 1. The van der Waals surface area contributed by atoms with Gasteiger partial charge in [0.2, 0.25) is 5.91 Å². The van der Waals surface area contributed by atoms with Crippen LogP contribution in [0.5, 0.6) is 0 Å². The molecule has 208 valence electrons. The van der Waals surface area contributed by atoms with Gasteiger partial charge < -0.3 is 5.32 Å². The second-order valence-electron chi connectivity index (χ2n) is 9.26. The maximum atomic E-state index is 12.9. The molecule has 0 bridgehead atoms. The Morgan fingerprint density at radius 1 is 0.905 bits per heavy atom. The minimum Gasteiger partial charge on any atom is -0.325 e. The van der Waals surface area contributed by atoms with Crippen LogP contribution in [0, 0.1) is 18.3 Å². The van der Waals surface area contributed by atoms with Gasteiger partial charge in [0.05, 0.1) is 21.9 Å². The summed E-state index contributed by atoms with van der Waals surface area (Å²) in [5.41, 5.74) is 5.16. The predicted octanol–water partition coefficient (Wildman–Crippen LogP) is 6.52. The van der Waals surface area contributed by atoms with Crippen molar-refractivity contribution >= 4 is 39.2 Å². The maximum absolute atomic E-state index is 12.9. The van der Waals surface area contributed by atoms with Crippen molar-refractivity contribution < 1.29 is 13.2 Å². The van der Waals surface area contributed by atoms with Crippen molar-refractivity contribution in [2.45, 2.75) is 16.8 Å². The van der Waals surface area contributed by atoms with E-state index in [1.807, 2.05) is 67.6 Å². The number of amides is 1. The summed E-state index contributed by atoms with van der Waals surface area (Å²) in [7, 11) is -3.84. The number of aryl methyl sites for hydroxylation is 1. The summed E-state index contributed by atoms with van der Waals surface area (Å²) in [5.74, 6) is -0.122. The fraction of sp³-hybridized carbons (Fsp3) is 0.0625. The van der Waals surface area contributed by atoms with Crippen LogP contribution in [0.25, 0.3) is 22.4 Å². The third kappa shape index (κ3) is 6.83. The van der Waals surface area contributed by atoms with E-state index in [1.54, 1.807) is 18.2 Å². The number of hydrogen-bond donors (Lipinski definition) is 2. The van der Waals surface area contributed by atoms with Crippen molar-refractivity contribution in [1.29, 1.82) is 5.26 Å². The number of aromatic nitrogens is 2. The smallest absolute Gasteiger partial charge is 0.263 e. The number of rotatable bonds is 9. The normalized spacial score (nSPS) is 11.0. The number of sulfonamides is 1. The molecule has 0 spiro atoms. The van der Waals surface area contributed by atoms with Gasteiger partial charge in [-0.3, -0.25) is 9.52 Å². The third-order valence-electron chi connectivity index (χ3n) is 6.22. The number of nitrogens with one attached hydrogen (secondary N) is 2. The summed E-state index contributed by atoms with van der Waals surface area (Å²) < 4.78 is 27.7. The molecule has 0 aliphatic carbocycles. The Morgan fingerprint density at radius 3 is 2.29 bits per heavy atom. The molecule has 0 aliphatic heterocycles. The Hall–Kier alpha value is -4.98. The minimum atomic E-state index is -3.84. The van der Waals surface area contributed by atoms with E-state index < -0.39 is 10.0 Å². The molecule has 2 aromatic heterocycles. The first kappa shape index (κ1) is 28.5. The van der Waals surface area contributed by atoms with E-state index >= 15 is 0 Å². The summed E-state index contributed by atoms with van der Waals surface area (Å²) >= 11 is 1.17. The molecule has 2 N–H and O–H groups in total. The SMILES string of the molecule is Cc1ccc(-c2cc(-c3ccccc3)nc(SCC(=O)Nc3ccc(S(=O)(=O)Nc4ccccn4)cc3)c2C#N)cc1. The van der Waals surface area contributed by atoms with E-state index in [0.29, 0.717) is 22.0 Å². The molecule has 3 aromatic carbocycles. The van der Waals surface area contributed by atoms with Crippen LogP contribution in [0.3, 0.4) is 0 Å². The Balaban J connectivity index is 1.33. The second-order valence-corrected chi connectivity index (χ2v) is 11.9. The molecule has 10 heteroatoms. The Kier molecular flexibility index (Phi) is 8.62. The Labute approximate surface area is 248 Å². The highest BCUT2D eigenvalue weighted by molar-refractivity contribution is 8.00. The van der Waals surface area contributed by atoms with Crippen LogP contribution in [0.15, 0.2) is 119 Å². The number of carbonyl (C=O) groups is 1. The highest BCUT2D eigenvalue weighted by Crippen LogP contribution is 2.34. The molecule has 42 heavy (non-hydrogen) atoms. The van der Waals surface area contributed by atoms with Gasteiger partial charge in [-0.25, -0.2) is 18.4 Å². The standard InChI is InChI=1S/C32H25N5O3S2/c1-22-10-12-23(13-11-22)27-19-29(24-7-3-2-4-8-24)36-32(28(27)20-33)41-21-31(38)35-25-14-16-26(17-15-25)42(39,40)37-30-9-5-6-18-34-30/h2-19H,21H2,1H3,(H,34,37)(H,35,38). The van der Waals surface area contributed by atoms with Gasteiger partial charge in [0.1, 0.15) is 16.9 Å². The average Bonchev–Trinajstić information content (AvgIpc) is 3.01. The summed E-state index contributed by atoms with van der Waals surface area (Å²) in [6, 6.07) is 32.5. The number of nitrogens with zero attached hydrogens (tertiary/aromatic N) is 3. The van der Waals surface area contributed by atoms with Gasteiger partial charge in [-0.1, -0.05) is 78.0 Å². The van der Waals surface area contributed by atoms with Gasteiger partial charge in [0.15, 0.2) is 0 Å². The van der Waals surface area contributed by atoms with Crippen LogP contribution in [0.2, 0.25) is 0 Å². The Morgan fingerprint density at radius 2 is 1.62 bits per heavy atom. The van der Waals surface area contributed by atoms with E-state index in [-0.39, 0.29) is 22.4 Å². The van der Waals surface area contributed by atoms with Crippen molar-refractivity contribution in [1.82, 2.24) is 9.97 Å². The number of benzene rings is 3. The van der Waals surface area contributed by atoms with Crippen LogP contribution in [0.1, 0.15) is 11.1 Å².